The zero-order valence-electron chi connectivity index (χ0n) is 11.6. The second kappa shape index (κ2) is 5.07. The second-order valence-corrected chi connectivity index (χ2v) is 5.03. The van der Waals surface area contributed by atoms with Gasteiger partial charge in [-0.3, -0.25) is 4.79 Å². The molecule has 0 fully saturated rings. The Balaban J connectivity index is 1.69. The van der Waals surface area contributed by atoms with Crippen molar-refractivity contribution in [1.29, 1.82) is 0 Å². The molecule has 1 amide bonds. The minimum absolute atomic E-state index is 0.0771. The fourth-order valence-electron chi connectivity index (χ4n) is 2.50. The van der Waals surface area contributed by atoms with Crippen LogP contribution in [0.1, 0.15) is 41.2 Å². The molecule has 2 aromatic rings. The molecule has 2 aromatic heterocycles. The molecule has 106 valence electrons. The fraction of sp³-hybridized carbons (Fsp3) is 0.538. The third-order valence-electron chi connectivity index (χ3n) is 3.54. The molecule has 3 rings (SSSR count). The van der Waals surface area contributed by atoms with Crippen LogP contribution in [0, 0.1) is 6.92 Å². The van der Waals surface area contributed by atoms with Crippen LogP contribution in [0.4, 0.5) is 0 Å². The SMILES string of the molecule is CCc1nnc2n1C[C@H](NC(=O)c1cc(C)on1)CC2. The molecule has 0 aliphatic carbocycles. The molecule has 0 bridgehead atoms. The Morgan fingerprint density at radius 3 is 3.10 bits per heavy atom. The first kappa shape index (κ1) is 12.8. The normalized spacial score (nSPS) is 17.8. The Hall–Kier alpha value is -2.18. The Labute approximate surface area is 116 Å². The minimum Gasteiger partial charge on any atom is -0.361 e. The lowest BCUT2D eigenvalue weighted by atomic mass is 10.1. The van der Waals surface area contributed by atoms with Crippen molar-refractivity contribution in [2.24, 2.45) is 0 Å². The van der Waals surface area contributed by atoms with Crippen molar-refractivity contribution >= 4 is 5.91 Å². The van der Waals surface area contributed by atoms with Crippen LogP contribution in [0.5, 0.6) is 0 Å². The standard InChI is InChI=1S/C13H17N5O2/c1-3-11-15-16-12-5-4-9(7-18(11)12)14-13(19)10-6-8(2)20-17-10/h6,9H,3-5,7H2,1-2H3,(H,14,19)/t9-/m1/s1. The van der Waals surface area contributed by atoms with Crippen LogP contribution in [0.2, 0.25) is 0 Å². The molecule has 3 heterocycles. The summed E-state index contributed by atoms with van der Waals surface area (Å²) in [7, 11) is 0. The molecule has 0 spiro atoms. The minimum atomic E-state index is -0.193. The zero-order chi connectivity index (χ0) is 14.1. The van der Waals surface area contributed by atoms with E-state index in [2.05, 4.69) is 32.2 Å². The summed E-state index contributed by atoms with van der Waals surface area (Å²) in [5, 5.41) is 15.1. The molecule has 7 heteroatoms. The predicted octanol–water partition coefficient (Wildman–Crippen LogP) is 0.882. The highest BCUT2D eigenvalue weighted by Gasteiger charge is 2.24. The molecule has 0 unspecified atom stereocenters. The number of carbonyl (C=O) groups excluding carboxylic acids is 1. The lowest BCUT2D eigenvalue weighted by Gasteiger charge is -2.24. The summed E-state index contributed by atoms with van der Waals surface area (Å²) in [6.45, 7) is 4.53. The van der Waals surface area contributed by atoms with Gasteiger partial charge in [0.15, 0.2) is 5.69 Å². The number of aromatic nitrogens is 4. The van der Waals surface area contributed by atoms with E-state index in [0.29, 0.717) is 18.0 Å². The van der Waals surface area contributed by atoms with Gasteiger partial charge in [0.05, 0.1) is 0 Å². The number of nitrogens with zero attached hydrogens (tertiary/aromatic N) is 4. The van der Waals surface area contributed by atoms with E-state index in [1.807, 2.05) is 0 Å². The van der Waals surface area contributed by atoms with Gasteiger partial charge in [-0.1, -0.05) is 12.1 Å². The van der Waals surface area contributed by atoms with Crippen molar-refractivity contribution in [2.75, 3.05) is 0 Å². The Kier molecular flexibility index (Phi) is 3.25. The smallest absolute Gasteiger partial charge is 0.273 e. The lowest BCUT2D eigenvalue weighted by Crippen LogP contribution is -2.41. The molecular weight excluding hydrogens is 258 g/mol. The Morgan fingerprint density at radius 1 is 1.55 bits per heavy atom. The third-order valence-corrected chi connectivity index (χ3v) is 3.54. The summed E-state index contributed by atoms with van der Waals surface area (Å²) in [6.07, 6.45) is 2.54. The quantitative estimate of drug-likeness (QED) is 0.898. The summed E-state index contributed by atoms with van der Waals surface area (Å²) in [4.78, 5) is 12.1. The van der Waals surface area contributed by atoms with E-state index in [1.54, 1.807) is 13.0 Å². The topological polar surface area (TPSA) is 85.8 Å². The van der Waals surface area contributed by atoms with Crippen LogP contribution in [0.3, 0.4) is 0 Å². The first-order valence-electron chi connectivity index (χ1n) is 6.82. The van der Waals surface area contributed by atoms with E-state index >= 15 is 0 Å². The molecule has 0 saturated heterocycles. The molecular formula is C13H17N5O2. The summed E-state index contributed by atoms with van der Waals surface area (Å²) in [5.74, 6) is 2.41. The highest BCUT2D eigenvalue weighted by atomic mass is 16.5. The second-order valence-electron chi connectivity index (χ2n) is 5.03. The predicted molar refractivity (Wildman–Crippen MR) is 70.2 cm³/mol. The zero-order valence-corrected chi connectivity index (χ0v) is 11.6. The molecule has 0 saturated carbocycles. The number of nitrogens with one attached hydrogen (secondary N) is 1. The Morgan fingerprint density at radius 2 is 2.40 bits per heavy atom. The molecule has 7 nitrogen and oxygen atoms in total. The van der Waals surface area contributed by atoms with Crippen molar-refractivity contribution in [1.82, 2.24) is 25.2 Å². The lowest BCUT2D eigenvalue weighted by molar-refractivity contribution is 0.0918. The number of aryl methyl sites for hydroxylation is 3. The fourth-order valence-corrected chi connectivity index (χ4v) is 2.50. The average molecular weight is 275 g/mol. The van der Waals surface area contributed by atoms with Crippen molar-refractivity contribution in [2.45, 2.75) is 45.7 Å². The van der Waals surface area contributed by atoms with Crippen LogP contribution in [-0.4, -0.2) is 31.9 Å². The van der Waals surface area contributed by atoms with E-state index in [-0.39, 0.29) is 11.9 Å². The van der Waals surface area contributed by atoms with Gasteiger partial charge in [0, 0.05) is 31.5 Å². The first-order chi connectivity index (χ1) is 9.67. The summed E-state index contributed by atoms with van der Waals surface area (Å²) in [6, 6.07) is 1.72. The monoisotopic (exact) mass is 275 g/mol. The molecule has 20 heavy (non-hydrogen) atoms. The average Bonchev–Trinajstić information content (AvgIpc) is 3.04. The van der Waals surface area contributed by atoms with Crippen molar-refractivity contribution < 1.29 is 9.32 Å². The van der Waals surface area contributed by atoms with E-state index in [4.69, 9.17) is 4.52 Å². The highest BCUT2D eigenvalue weighted by Crippen LogP contribution is 2.16. The first-order valence-corrected chi connectivity index (χ1v) is 6.82. The number of amides is 1. The van der Waals surface area contributed by atoms with Gasteiger partial charge >= 0.3 is 0 Å². The molecule has 0 radical (unpaired) electrons. The maximum Gasteiger partial charge on any atom is 0.273 e. The highest BCUT2D eigenvalue weighted by molar-refractivity contribution is 5.92. The molecule has 1 N–H and O–H groups in total. The van der Waals surface area contributed by atoms with Gasteiger partial charge in [0.25, 0.3) is 5.91 Å². The van der Waals surface area contributed by atoms with E-state index in [1.165, 1.54) is 0 Å². The summed E-state index contributed by atoms with van der Waals surface area (Å²) in [5.41, 5.74) is 0.327. The van der Waals surface area contributed by atoms with Gasteiger partial charge in [-0.15, -0.1) is 10.2 Å². The largest absolute Gasteiger partial charge is 0.361 e. The van der Waals surface area contributed by atoms with Crippen LogP contribution in [0.15, 0.2) is 10.6 Å². The van der Waals surface area contributed by atoms with Gasteiger partial charge in [-0.25, -0.2) is 0 Å². The number of rotatable bonds is 3. The van der Waals surface area contributed by atoms with Crippen LogP contribution in [0.25, 0.3) is 0 Å². The summed E-state index contributed by atoms with van der Waals surface area (Å²) < 4.78 is 7.02. The number of carbonyl (C=O) groups is 1. The van der Waals surface area contributed by atoms with Gasteiger partial charge in [0.2, 0.25) is 0 Å². The Bertz CT molecular complexity index is 617. The van der Waals surface area contributed by atoms with E-state index in [9.17, 15) is 4.79 Å². The van der Waals surface area contributed by atoms with E-state index < -0.39 is 0 Å². The van der Waals surface area contributed by atoms with Crippen LogP contribution < -0.4 is 5.32 Å². The van der Waals surface area contributed by atoms with Gasteiger partial charge in [-0.05, 0) is 13.3 Å². The maximum absolute atomic E-state index is 12.1. The van der Waals surface area contributed by atoms with E-state index in [0.717, 1.165) is 30.9 Å². The van der Waals surface area contributed by atoms with Crippen molar-refractivity contribution in [3.05, 3.63) is 29.2 Å². The van der Waals surface area contributed by atoms with Crippen molar-refractivity contribution in [3.63, 3.8) is 0 Å². The molecule has 1 atom stereocenters. The number of hydrogen-bond donors (Lipinski definition) is 1. The molecule has 1 aliphatic rings. The third kappa shape index (κ3) is 2.31. The molecule has 0 aromatic carbocycles. The number of hydrogen-bond acceptors (Lipinski definition) is 5. The van der Waals surface area contributed by atoms with Crippen LogP contribution in [-0.2, 0) is 19.4 Å². The van der Waals surface area contributed by atoms with Crippen LogP contribution >= 0.6 is 0 Å². The van der Waals surface area contributed by atoms with Crippen molar-refractivity contribution in [3.8, 4) is 0 Å². The van der Waals surface area contributed by atoms with Gasteiger partial charge in [-0.2, -0.15) is 0 Å². The molecule has 1 aliphatic heterocycles. The van der Waals surface area contributed by atoms with Gasteiger partial charge < -0.3 is 14.4 Å². The number of fused-ring (bicyclic) bond motifs is 1. The van der Waals surface area contributed by atoms with Gasteiger partial charge in [0.1, 0.15) is 17.4 Å². The summed E-state index contributed by atoms with van der Waals surface area (Å²) >= 11 is 0. The maximum atomic E-state index is 12.1.